The Morgan fingerprint density at radius 2 is 1.73 bits per heavy atom. The van der Waals surface area contributed by atoms with Crippen LogP contribution in [0.2, 0.25) is 0 Å². The first-order valence-electron chi connectivity index (χ1n) is 8.08. The van der Waals surface area contributed by atoms with Crippen LogP contribution in [0.5, 0.6) is 5.88 Å². The summed E-state index contributed by atoms with van der Waals surface area (Å²) in [6.45, 7) is 12.2. The molecule has 1 aliphatic carbocycles. The zero-order valence-corrected chi connectivity index (χ0v) is 14.3. The van der Waals surface area contributed by atoms with Gasteiger partial charge in [-0.1, -0.05) is 0 Å². The lowest BCUT2D eigenvalue weighted by atomic mass is 9.77. The number of ether oxygens (including phenoxy) is 1. The Kier molecular flexibility index (Phi) is 3.72. The molecule has 2 heterocycles. The van der Waals surface area contributed by atoms with Crippen LogP contribution in [0.15, 0.2) is 6.33 Å². The highest BCUT2D eigenvalue weighted by atomic mass is 16.7. The maximum absolute atomic E-state index is 6.21. The van der Waals surface area contributed by atoms with Gasteiger partial charge in [-0.15, -0.1) is 0 Å². The van der Waals surface area contributed by atoms with Crippen LogP contribution in [0.1, 0.15) is 66.0 Å². The molecule has 1 saturated heterocycles. The molecule has 1 saturated carbocycles. The molecule has 0 amide bonds. The Balaban J connectivity index is 2.01. The molecular formula is C16H25BN2O3. The molecule has 6 heteroatoms. The first-order valence-corrected chi connectivity index (χ1v) is 8.08. The van der Waals surface area contributed by atoms with Crippen molar-refractivity contribution in [3.05, 3.63) is 12.0 Å². The molecule has 0 radical (unpaired) electrons. The Bertz CT molecular complexity index is 555. The highest BCUT2D eigenvalue weighted by molar-refractivity contribution is 6.63. The maximum Gasteiger partial charge on any atom is 0.502 e. The van der Waals surface area contributed by atoms with Crippen LogP contribution in [0, 0.1) is 0 Å². The minimum Gasteiger partial charge on any atom is -0.475 e. The van der Waals surface area contributed by atoms with E-state index in [1.54, 1.807) is 6.33 Å². The van der Waals surface area contributed by atoms with Crippen molar-refractivity contribution in [1.82, 2.24) is 9.97 Å². The quantitative estimate of drug-likeness (QED) is 0.800. The van der Waals surface area contributed by atoms with Crippen molar-refractivity contribution in [2.24, 2.45) is 0 Å². The Hall–Kier alpha value is -1.14. The van der Waals surface area contributed by atoms with Crippen molar-refractivity contribution in [3.8, 4) is 5.88 Å². The van der Waals surface area contributed by atoms with E-state index in [1.165, 1.54) is 0 Å². The van der Waals surface area contributed by atoms with E-state index in [-0.39, 0.29) is 17.3 Å². The second kappa shape index (κ2) is 5.20. The van der Waals surface area contributed by atoms with E-state index in [2.05, 4.69) is 37.7 Å². The highest BCUT2D eigenvalue weighted by Crippen LogP contribution is 2.41. The van der Waals surface area contributed by atoms with Crippen LogP contribution >= 0.6 is 0 Å². The molecule has 22 heavy (non-hydrogen) atoms. The molecule has 120 valence electrons. The molecule has 5 nitrogen and oxygen atoms in total. The standard InChI is InChI=1S/C16H25BN2O3/c1-10(2)20-14-12(13(11-7-8-11)18-9-19-14)17-21-15(3,4)16(5,6)22-17/h9-11H,7-8H2,1-6H3. The van der Waals surface area contributed by atoms with Gasteiger partial charge in [0.05, 0.1) is 28.5 Å². The number of nitrogens with zero attached hydrogens (tertiary/aromatic N) is 2. The first-order chi connectivity index (χ1) is 10.2. The molecule has 1 aromatic heterocycles. The van der Waals surface area contributed by atoms with Gasteiger partial charge in [-0.2, -0.15) is 0 Å². The Morgan fingerprint density at radius 1 is 1.14 bits per heavy atom. The average molecular weight is 304 g/mol. The molecule has 1 aliphatic heterocycles. The van der Waals surface area contributed by atoms with Crippen molar-refractivity contribution in [2.75, 3.05) is 0 Å². The monoisotopic (exact) mass is 304 g/mol. The summed E-state index contributed by atoms with van der Waals surface area (Å²) in [6.07, 6.45) is 3.94. The second-order valence-electron chi connectivity index (χ2n) is 7.51. The number of hydrogen-bond donors (Lipinski definition) is 0. The van der Waals surface area contributed by atoms with Crippen LogP contribution in [-0.2, 0) is 9.31 Å². The third-order valence-electron chi connectivity index (χ3n) is 4.68. The van der Waals surface area contributed by atoms with E-state index < -0.39 is 7.12 Å². The lowest BCUT2D eigenvalue weighted by Crippen LogP contribution is -2.41. The third-order valence-corrected chi connectivity index (χ3v) is 4.68. The summed E-state index contributed by atoms with van der Waals surface area (Å²) in [5.41, 5.74) is 1.12. The molecule has 0 bridgehead atoms. The fraction of sp³-hybridized carbons (Fsp3) is 0.750. The van der Waals surface area contributed by atoms with Crippen molar-refractivity contribution >= 4 is 12.6 Å². The summed E-state index contributed by atoms with van der Waals surface area (Å²) < 4.78 is 18.3. The molecule has 1 aromatic rings. The number of rotatable bonds is 4. The van der Waals surface area contributed by atoms with Crippen molar-refractivity contribution in [2.45, 2.75) is 77.6 Å². The van der Waals surface area contributed by atoms with Crippen molar-refractivity contribution < 1.29 is 14.0 Å². The van der Waals surface area contributed by atoms with Gasteiger partial charge in [0.2, 0.25) is 5.88 Å². The van der Waals surface area contributed by atoms with Gasteiger partial charge in [0.15, 0.2) is 0 Å². The summed E-state index contributed by atoms with van der Waals surface area (Å²) in [7, 11) is -0.476. The van der Waals surface area contributed by atoms with E-state index in [0.717, 1.165) is 24.0 Å². The van der Waals surface area contributed by atoms with Gasteiger partial charge in [0, 0.05) is 5.92 Å². The minimum atomic E-state index is -0.476. The topological polar surface area (TPSA) is 53.5 Å². The first kappa shape index (κ1) is 15.7. The van der Waals surface area contributed by atoms with Gasteiger partial charge in [-0.05, 0) is 54.4 Å². The molecule has 0 unspecified atom stereocenters. The van der Waals surface area contributed by atoms with Crippen molar-refractivity contribution in [3.63, 3.8) is 0 Å². The van der Waals surface area contributed by atoms with Crippen LogP contribution in [-0.4, -0.2) is 34.4 Å². The van der Waals surface area contributed by atoms with E-state index in [9.17, 15) is 0 Å². The SMILES string of the molecule is CC(C)Oc1ncnc(C2CC2)c1B1OC(C)(C)C(C)(C)O1. The van der Waals surface area contributed by atoms with Crippen molar-refractivity contribution in [1.29, 1.82) is 0 Å². The fourth-order valence-electron chi connectivity index (χ4n) is 2.57. The van der Waals surface area contributed by atoms with Crippen LogP contribution in [0.25, 0.3) is 0 Å². The largest absolute Gasteiger partial charge is 0.502 e. The number of hydrogen-bond acceptors (Lipinski definition) is 5. The van der Waals surface area contributed by atoms with E-state index in [1.807, 2.05) is 13.8 Å². The van der Waals surface area contributed by atoms with Gasteiger partial charge < -0.3 is 14.0 Å². The van der Waals surface area contributed by atoms with E-state index >= 15 is 0 Å². The molecule has 0 N–H and O–H groups in total. The van der Waals surface area contributed by atoms with Crippen LogP contribution < -0.4 is 10.2 Å². The molecule has 0 atom stereocenters. The zero-order valence-electron chi connectivity index (χ0n) is 14.3. The van der Waals surface area contributed by atoms with Gasteiger partial charge >= 0.3 is 7.12 Å². The summed E-state index contributed by atoms with van der Waals surface area (Å²) in [5, 5.41) is 0. The van der Waals surface area contributed by atoms with Gasteiger partial charge in [-0.25, -0.2) is 9.97 Å². The summed E-state index contributed by atoms with van der Waals surface area (Å²) in [4.78, 5) is 8.83. The maximum atomic E-state index is 6.21. The molecule has 2 fully saturated rings. The lowest BCUT2D eigenvalue weighted by Gasteiger charge is -2.32. The minimum absolute atomic E-state index is 0.0446. The normalized spacial score (nSPS) is 23.1. The molecular weight excluding hydrogens is 279 g/mol. The number of aromatic nitrogens is 2. The zero-order chi connectivity index (χ0) is 16.1. The molecule has 0 spiro atoms. The lowest BCUT2D eigenvalue weighted by molar-refractivity contribution is 0.00578. The van der Waals surface area contributed by atoms with Gasteiger partial charge in [0.25, 0.3) is 0 Å². The molecule has 3 rings (SSSR count). The molecule has 0 aromatic carbocycles. The summed E-state index contributed by atoms with van der Waals surface area (Å²) in [5.74, 6) is 1.07. The van der Waals surface area contributed by atoms with E-state index in [0.29, 0.717) is 11.8 Å². The average Bonchev–Trinajstić information content (AvgIpc) is 3.17. The van der Waals surface area contributed by atoms with Crippen LogP contribution in [0.4, 0.5) is 0 Å². The Morgan fingerprint density at radius 3 is 2.23 bits per heavy atom. The highest BCUT2D eigenvalue weighted by Gasteiger charge is 2.54. The second-order valence-corrected chi connectivity index (χ2v) is 7.51. The fourth-order valence-corrected chi connectivity index (χ4v) is 2.57. The van der Waals surface area contributed by atoms with E-state index in [4.69, 9.17) is 14.0 Å². The summed E-state index contributed by atoms with van der Waals surface area (Å²) >= 11 is 0. The third kappa shape index (κ3) is 2.74. The molecule has 2 aliphatic rings. The predicted molar refractivity (Wildman–Crippen MR) is 85.5 cm³/mol. The van der Waals surface area contributed by atoms with Crippen LogP contribution in [0.3, 0.4) is 0 Å². The Labute approximate surface area is 132 Å². The van der Waals surface area contributed by atoms with Gasteiger partial charge in [-0.3, -0.25) is 0 Å². The van der Waals surface area contributed by atoms with Gasteiger partial charge in [0.1, 0.15) is 6.33 Å². The smallest absolute Gasteiger partial charge is 0.475 e. The summed E-state index contributed by atoms with van der Waals surface area (Å²) in [6, 6.07) is 0. The predicted octanol–water partition coefficient (Wildman–Crippen LogP) is 2.44.